The zero-order valence-electron chi connectivity index (χ0n) is 15.8. The average molecular weight is 406 g/mol. The zero-order chi connectivity index (χ0) is 17.4. The molecule has 2 unspecified atom stereocenters. The van der Waals surface area contributed by atoms with E-state index in [1.165, 1.54) is 31.5 Å². The molecule has 0 spiro atoms. The van der Waals surface area contributed by atoms with Crippen molar-refractivity contribution in [3.8, 4) is 0 Å². The molecule has 2 rings (SSSR count). The van der Waals surface area contributed by atoms with E-state index in [1.54, 1.807) is 7.11 Å². The van der Waals surface area contributed by atoms with Gasteiger partial charge in [-0.15, -0.1) is 24.8 Å². The second-order valence-electron chi connectivity index (χ2n) is 6.87. The van der Waals surface area contributed by atoms with Gasteiger partial charge < -0.3 is 15.8 Å². The highest BCUT2D eigenvalue weighted by atomic mass is 35.5. The summed E-state index contributed by atoms with van der Waals surface area (Å²) in [6, 6.07) is 8.52. The van der Waals surface area contributed by atoms with Crippen molar-refractivity contribution in [2.24, 2.45) is 11.7 Å². The zero-order valence-corrected chi connectivity index (χ0v) is 17.4. The quantitative estimate of drug-likeness (QED) is 0.697. The number of methoxy groups -OCH3 is 1. The number of ether oxygens (including phenoxy) is 1. The summed E-state index contributed by atoms with van der Waals surface area (Å²) >= 11 is 0. The maximum absolute atomic E-state index is 11.9. The highest BCUT2D eigenvalue weighted by Gasteiger charge is 2.16. The molecule has 1 amide bonds. The van der Waals surface area contributed by atoms with Gasteiger partial charge in [-0.25, -0.2) is 0 Å². The van der Waals surface area contributed by atoms with Crippen molar-refractivity contribution in [1.82, 2.24) is 10.2 Å². The Labute approximate surface area is 169 Å². The van der Waals surface area contributed by atoms with Gasteiger partial charge in [-0.2, -0.15) is 0 Å². The summed E-state index contributed by atoms with van der Waals surface area (Å²) in [5.74, 6) is 0.774. The topological polar surface area (TPSA) is 67.6 Å². The van der Waals surface area contributed by atoms with Gasteiger partial charge in [0.2, 0.25) is 5.91 Å². The van der Waals surface area contributed by atoms with Crippen LogP contribution in [0.5, 0.6) is 0 Å². The van der Waals surface area contributed by atoms with Crippen molar-refractivity contribution in [2.45, 2.75) is 45.4 Å². The maximum atomic E-state index is 11.9. The number of amides is 1. The molecular weight excluding hydrogens is 373 g/mol. The van der Waals surface area contributed by atoms with Crippen LogP contribution in [0.4, 0.5) is 0 Å². The number of hydrogen-bond donors (Lipinski definition) is 2. The number of carbonyl (C=O) groups excluding carboxylic acids is 1. The van der Waals surface area contributed by atoms with E-state index in [2.05, 4.69) is 41.4 Å². The van der Waals surface area contributed by atoms with E-state index in [9.17, 15) is 4.79 Å². The summed E-state index contributed by atoms with van der Waals surface area (Å²) < 4.78 is 5.13. The molecule has 0 aliphatic carbocycles. The summed E-state index contributed by atoms with van der Waals surface area (Å²) in [4.78, 5) is 14.4. The Morgan fingerprint density at radius 1 is 1.31 bits per heavy atom. The van der Waals surface area contributed by atoms with Gasteiger partial charge in [0.25, 0.3) is 0 Å². The number of nitrogens with one attached hydrogen (secondary N) is 1. The number of rotatable bonds is 8. The van der Waals surface area contributed by atoms with Crippen LogP contribution in [-0.4, -0.2) is 43.7 Å². The van der Waals surface area contributed by atoms with Crippen LogP contribution in [-0.2, 0) is 22.6 Å². The highest BCUT2D eigenvalue weighted by molar-refractivity contribution is 5.85. The minimum absolute atomic E-state index is 0. The second-order valence-corrected chi connectivity index (χ2v) is 6.87. The number of carbonyl (C=O) groups is 1. The van der Waals surface area contributed by atoms with Crippen molar-refractivity contribution in [1.29, 1.82) is 0 Å². The predicted molar refractivity (Wildman–Crippen MR) is 111 cm³/mol. The summed E-state index contributed by atoms with van der Waals surface area (Å²) in [5, 5.41) is 2.92. The fourth-order valence-corrected chi connectivity index (χ4v) is 3.19. The lowest BCUT2D eigenvalue weighted by atomic mass is 9.99. The van der Waals surface area contributed by atoms with Gasteiger partial charge in [0.1, 0.15) is 0 Å². The van der Waals surface area contributed by atoms with Crippen LogP contribution >= 0.6 is 24.8 Å². The van der Waals surface area contributed by atoms with Crippen molar-refractivity contribution in [3.05, 3.63) is 35.4 Å². The van der Waals surface area contributed by atoms with Crippen LogP contribution in [0, 0.1) is 5.92 Å². The molecule has 0 aromatic heterocycles. The third-order valence-electron chi connectivity index (χ3n) is 4.67. The summed E-state index contributed by atoms with van der Waals surface area (Å²) in [5.41, 5.74) is 7.98. The van der Waals surface area contributed by atoms with E-state index in [1.807, 2.05) is 0 Å². The molecule has 0 radical (unpaired) electrons. The minimum Gasteiger partial charge on any atom is -0.380 e. The van der Waals surface area contributed by atoms with Crippen LogP contribution in [0.1, 0.15) is 37.3 Å². The van der Waals surface area contributed by atoms with Crippen LogP contribution in [0.15, 0.2) is 24.3 Å². The first-order valence-electron chi connectivity index (χ1n) is 8.90. The van der Waals surface area contributed by atoms with Crippen LogP contribution in [0.2, 0.25) is 0 Å². The predicted octanol–water partition coefficient (Wildman–Crippen LogP) is 2.74. The van der Waals surface area contributed by atoms with Crippen molar-refractivity contribution in [3.63, 3.8) is 0 Å². The Balaban J connectivity index is 0.00000312. The molecule has 1 heterocycles. The minimum atomic E-state index is -0.209. The van der Waals surface area contributed by atoms with Crippen molar-refractivity contribution < 1.29 is 9.53 Å². The fraction of sp³-hybridized carbons (Fsp3) is 0.632. The molecule has 3 N–H and O–H groups in total. The molecular formula is C19H33Cl2N3O2. The second kappa shape index (κ2) is 13.3. The van der Waals surface area contributed by atoms with Crippen molar-refractivity contribution >= 4 is 30.7 Å². The lowest BCUT2D eigenvalue weighted by molar-refractivity contribution is -0.123. The van der Waals surface area contributed by atoms with E-state index in [-0.39, 0.29) is 36.8 Å². The first-order chi connectivity index (χ1) is 11.6. The molecule has 1 aromatic carbocycles. The number of benzene rings is 1. The summed E-state index contributed by atoms with van der Waals surface area (Å²) in [6.45, 7) is 6.64. The third-order valence-corrected chi connectivity index (χ3v) is 4.67. The van der Waals surface area contributed by atoms with Gasteiger partial charge in [0.05, 0.1) is 12.5 Å². The molecule has 0 bridgehead atoms. The molecule has 26 heavy (non-hydrogen) atoms. The maximum Gasteiger partial charge on any atom is 0.222 e. The van der Waals surface area contributed by atoms with Crippen LogP contribution in [0.25, 0.3) is 0 Å². The summed E-state index contributed by atoms with van der Waals surface area (Å²) in [6.07, 6.45) is 2.75. The first-order valence-corrected chi connectivity index (χ1v) is 8.90. The lowest BCUT2D eigenvalue weighted by Crippen LogP contribution is -2.33. The summed E-state index contributed by atoms with van der Waals surface area (Å²) in [7, 11) is 1.58. The smallest absolute Gasteiger partial charge is 0.222 e. The number of nitrogens with two attached hydrogens (primary N) is 1. The Morgan fingerprint density at radius 2 is 1.96 bits per heavy atom. The normalized spacial score (nSPS) is 18.3. The Morgan fingerprint density at radius 3 is 2.54 bits per heavy atom. The Kier molecular flexibility index (Phi) is 12.9. The Hall–Kier alpha value is -0.850. The van der Waals surface area contributed by atoms with Gasteiger partial charge >= 0.3 is 0 Å². The Bertz CT molecular complexity index is 510. The number of likely N-dealkylation sites (tertiary alicyclic amines) is 1. The van der Waals surface area contributed by atoms with E-state index >= 15 is 0 Å². The molecule has 1 aromatic rings. The molecule has 7 heteroatoms. The van der Waals surface area contributed by atoms with Crippen LogP contribution in [0.3, 0.4) is 0 Å². The molecule has 5 nitrogen and oxygen atoms in total. The third kappa shape index (κ3) is 8.69. The lowest BCUT2D eigenvalue weighted by Gasteiger charge is -2.30. The average Bonchev–Trinajstić information content (AvgIpc) is 2.59. The standard InChI is InChI=1S/C19H31N3O2.2ClH/c1-15-4-3-9-22(13-15)14-17-7-5-16(6-8-17)12-21-19(23)10-18(11-20)24-2;;/h5-8,15,18H,3-4,9-14,20H2,1-2H3,(H,21,23);2*1H. The molecule has 0 saturated carbocycles. The van der Waals surface area contributed by atoms with Gasteiger partial charge in [-0.1, -0.05) is 31.2 Å². The molecule has 150 valence electrons. The van der Waals surface area contributed by atoms with E-state index in [4.69, 9.17) is 10.5 Å². The molecule has 2 atom stereocenters. The SMILES string of the molecule is COC(CN)CC(=O)NCc1ccc(CN2CCCC(C)C2)cc1.Cl.Cl. The van der Waals surface area contributed by atoms with Gasteiger partial charge in [0.15, 0.2) is 0 Å². The number of hydrogen-bond acceptors (Lipinski definition) is 4. The fourth-order valence-electron chi connectivity index (χ4n) is 3.19. The molecule has 1 saturated heterocycles. The van der Waals surface area contributed by atoms with Gasteiger partial charge in [-0.3, -0.25) is 9.69 Å². The number of nitrogens with zero attached hydrogens (tertiary/aromatic N) is 1. The largest absolute Gasteiger partial charge is 0.380 e. The highest BCUT2D eigenvalue weighted by Crippen LogP contribution is 2.18. The number of halogens is 2. The van der Waals surface area contributed by atoms with Crippen molar-refractivity contribution in [2.75, 3.05) is 26.7 Å². The molecule has 1 aliphatic rings. The van der Waals surface area contributed by atoms with Gasteiger partial charge in [-0.05, 0) is 36.4 Å². The first kappa shape index (κ1) is 25.1. The van der Waals surface area contributed by atoms with Crippen LogP contribution < -0.4 is 11.1 Å². The number of piperidine rings is 1. The van der Waals surface area contributed by atoms with Gasteiger partial charge in [0, 0.05) is 33.3 Å². The molecule has 1 fully saturated rings. The van der Waals surface area contributed by atoms with E-state index < -0.39 is 0 Å². The monoisotopic (exact) mass is 405 g/mol. The van der Waals surface area contributed by atoms with E-state index in [0.717, 1.165) is 18.0 Å². The van der Waals surface area contributed by atoms with E-state index in [0.29, 0.717) is 19.5 Å². The molecule has 1 aliphatic heterocycles.